The van der Waals surface area contributed by atoms with Crippen LogP contribution in [0.3, 0.4) is 0 Å². The molecule has 1 aromatic carbocycles. The van der Waals surface area contributed by atoms with Crippen molar-refractivity contribution in [3.8, 4) is 10.7 Å². The highest BCUT2D eigenvalue weighted by atomic mass is 32.2. The van der Waals surface area contributed by atoms with Crippen molar-refractivity contribution in [3.63, 3.8) is 0 Å². The van der Waals surface area contributed by atoms with Crippen LogP contribution in [0.4, 0.5) is 19.3 Å². The molecule has 2 fully saturated rings. The van der Waals surface area contributed by atoms with E-state index in [1.807, 2.05) is 11.8 Å². The van der Waals surface area contributed by atoms with Crippen LogP contribution in [0.25, 0.3) is 26.4 Å². The molecule has 5 rings (SSSR count). The van der Waals surface area contributed by atoms with Gasteiger partial charge in [-0.25, -0.2) is 28.6 Å². The maximum atomic E-state index is 13.5. The number of sulfonamides is 1. The van der Waals surface area contributed by atoms with Crippen LogP contribution in [0, 0.1) is 6.57 Å². The zero-order valence-electron chi connectivity index (χ0n) is 21.7. The molecule has 208 valence electrons. The number of halogens is 2. The molecule has 12 nitrogen and oxygen atoms in total. The van der Waals surface area contributed by atoms with Gasteiger partial charge in [0.1, 0.15) is 5.69 Å². The van der Waals surface area contributed by atoms with Crippen molar-refractivity contribution in [1.82, 2.24) is 34.5 Å². The molecule has 1 aliphatic heterocycles. The Labute approximate surface area is 228 Å². The molecule has 0 spiro atoms. The SMILES string of the molecule is [C-]#[N+]C1(NS(=O)(=O)c2cc(N3CCN(C(=O)N(C)C)[C@@H](C)C3)c3c(c2)c(-c2nnc(C(F)F)s2)nn3C)CC1. The average Bonchev–Trinajstić information content (AvgIpc) is 3.31. The van der Waals surface area contributed by atoms with E-state index in [9.17, 15) is 22.0 Å². The molecule has 2 aromatic heterocycles. The number of hydrogen-bond donors (Lipinski definition) is 1. The lowest BCUT2D eigenvalue weighted by molar-refractivity contribution is 0.147. The van der Waals surface area contributed by atoms with Crippen molar-refractivity contribution in [1.29, 1.82) is 0 Å². The Morgan fingerprint density at radius 1 is 1.28 bits per heavy atom. The fourth-order valence-electron chi connectivity index (χ4n) is 4.72. The second kappa shape index (κ2) is 9.65. The van der Waals surface area contributed by atoms with Crippen molar-refractivity contribution < 1.29 is 22.0 Å². The highest BCUT2D eigenvalue weighted by molar-refractivity contribution is 7.89. The van der Waals surface area contributed by atoms with E-state index in [1.165, 1.54) is 17.0 Å². The summed E-state index contributed by atoms with van der Waals surface area (Å²) >= 11 is 0.692. The van der Waals surface area contributed by atoms with E-state index < -0.39 is 27.1 Å². The Bertz CT molecular complexity index is 1590. The average molecular weight is 580 g/mol. The minimum absolute atomic E-state index is 0.0766. The Balaban J connectivity index is 1.64. The number of carbonyl (C=O) groups excluding carboxylic acids is 1. The molecule has 0 unspecified atom stereocenters. The molecule has 3 heterocycles. The number of carbonyl (C=O) groups is 1. The first-order valence-electron chi connectivity index (χ1n) is 12.1. The van der Waals surface area contributed by atoms with Gasteiger partial charge in [-0.2, -0.15) is 5.10 Å². The first kappa shape index (κ1) is 27.2. The van der Waals surface area contributed by atoms with Gasteiger partial charge in [-0.1, -0.05) is 11.3 Å². The number of piperazine rings is 1. The highest BCUT2D eigenvalue weighted by Gasteiger charge is 2.54. The predicted molar refractivity (Wildman–Crippen MR) is 141 cm³/mol. The molecule has 39 heavy (non-hydrogen) atoms. The van der Waals surface area contributed by atoms with Crippen LogP contribution >= 0.6 is 11.3 Å². The number of hydrogen-bond acceptors (Lipinski definition) is 8. The minimum atomic E-state index is -4.12. The number of amides is 2. The first-order valence-corrected chi connectivity index (χ1v) is 14.4. The Morgan fingerprint density at radius 2 is 2.00 bits per heavy atom. The van der Waals surface area contributed by atoms with Crippen LogP contribution in [0.1, 0.15) is 31.2 Å². The van der Waals surface area contributed by atoms with Crippen molar-refractivity contribution in [2.24, 2.45) is 7.05 Å². The van der Waals surface area contributed by atoms with Crippen molar-refractivity contribution in [2.45, 2.75) is 42.8 Å². The molecular formula is C23H27F2N9O3S2. The van der Waals surface area contributed by atoms with Gasteiger partial charge in [0.05, 0.1) is 28.9 Å². The summed E-state index contributed by atoms with van der Waals surface area (Å²) in [5, 5.41) is 12.1. The van der Waals surface area contributed by atoms with E-state index in [2.05, 4.69) is 24.9 Å². The lowest BCUT2D eigenvalue weighted by Crippen LogP contribution is -2.56. The van der Waals surface area contributed by atoms with E-state index in [1.54, 1.807) is 30.7 Å². The molecule has 0 radical (unpaired) electrons. The van der Waals surface area contributed by atoms with Gasteiger partial charge in [0.15, 0.2) is 10.0 Å². The van der Waals surface area contributed by atoms with Crippen LogP contribution in [0.15, 0.2) is 17.0 Å². The van der Waals surface area contributed by atoms with Gasteiger partial charge in [0, 0.05) is 52.2 Å². The van der Waals surface area contributed by atoms with E-state index in [0.29, 0.717) is 60.4 Å². The number of benzene rings is 1. The second-order valence-corrected chi connectivity index (χ2v) is 12.7. The molecule has 1 N–H and O–H groups in total. The van der Waals surface area contributed by atoms with Gasteiger partial charge in [0.25, 0.3) is 12.1 Å². The van der Waals surface area contributed by atoms with Crippen molar-refractivity contribution >= 4 is 44.0 Å². The number of fused-ring (bicyclic) bond motifs is 1. The monoisotopic (exact) mass is 579 g/mol. The number of aromatic nitrogens is 4. The normalized spacial score (nSPS) is 19.0. The molecule has 0 bridgehead atoms. The molecule has 1 saturated heterocycles. The smallest absolute Gasteiger partial charge is 0.319 e. The summed E-state index contributed by atoms with van der Waals surface area (Å²) in [4.78, 5) is 21.3. The minimum Gasteiger partial charge on any atom is -0.366 e. The quantitative estimate of drug-likeness (QED) is 0.446. The van der Waals surface area contributed by atoms with Gasteiger partial charge in [0.2, 0.25) is 10.0 Å². The topological polar surface area (TPSA) is 121 Å². The molecule has 2 amide bonds. The van der Waals surface area contributed by atoms with Gasteiger partial charge in [-0.3, -0.25) is 9.53 Å². The van der Waals surface area contributed by atoms with Gasteiger partial charge in [-0.05, 0) is 19.1 Å². The number of rotatable bonds is 6. The third-order valence-electron chi connectivity index (χ3n) is 6.89. The zero-order valence-corrected chi connectivity index (χ0v) is 23.4. The molecule has 2 aliphatic rings. The number of aryl methyl sites for hydroxylation is 1. The third kappa shape index (κ3) is 4.90. The Kier molecular flexibility index (Phi) is 6.72. The summed E-state index contributed by atoms with van der Waals surface area (Å²) in [7, 11) is 0.940. The van der Waals surface area contributed by atoms with Crippen LogP contribution in [-0.4, -0.2) is 89.7 Å². The van der Waals surface area contributed by atoms with Crippen LogP contribution in [-0.2, 0) is 17.1 Å². The number of nitrogens with zero attached hydrogens (tertiary/aromatic N) is 8. The van der Waals surface area contributed by atoms with Crippen LogP contribution < -0.4 is 9.62 Å². The third-order valence-corrected chi connectivity index (χ3v) is 9.33. The fraction of sp³-hybridized carbons (Fsp3) is 0.522. The van der Waals surface area contributed by atoms with Gasteiger partial charge in [-0.15, -0.1) is 14.9 Å². The van der Waals surface area contributed by atoms with Gasteiger partial charge >= 0.3 is 6.03 Å². The molecule has 1 atom stereocenters. The summed E-state index contributed by atoms with van der Waals surface area (Å²) in [6.07, 6.45) is -1.96. The maximum Gasteiger partial charge on any atom is 0.319 e. The Morgan fingerprint density at radius 3 is 2.56 bits per heavy atom. The lowest BCUT2D eigenvalue weighted by Gasteiger charge is -2.42. The largest absolute Gasteiger partial charge is 0.366 e. The van der Waals surface area contributed by atoms with E-state index in [4.69, 9.17) is 6.57 Å². The maximum absolute atomic E-state index is 13.5. The summed E-state index contributed by atoms with van der Waals surface area (Å²) in [5.41, 5.74) is 0.230. The predicted octanol–water partition coefficient (Wildman–Crippen LogP) is 2.91. The molecule has 1 aliphatic carbocycles. The molecule has 16 heteroatoms. The van der Waals surface area contributed by atoms with E-state index in [-0.39, 0.29) is 27.7 Å². The Hall–Kier alpha value is -3.42. The van der Waals surface area contributed by atoms with Crippen molar-refractivity contribution in [3.05, 3.63) is 28.6 Å². The molecule has 1 saturated carbocycles. The first-order chi connectivity index (χ1) is 18.4. The number of alkyl halides is 2. The van der Waals surface area contributed by atoms with Crippen LogP contribution in [0.2, 0.25) is 0 Å². The summed E-state index contributed by atoms with van der Waals surface area (Å²) in [6.45, 7) is 10.6. The summed E-state index contributed by atoms with van der Waals surface area (Å²) in [5.74, 6) is 0. The summed E-state index contributed by atoms with van der Waals surface area (Å²) < 4.78 is 57.5. The number of anilines is 1. The molecular weight excluding hydrogens is 552 g/mol. The highest BCUT2D eigenvalue weighted by Crippen LogP contribution is 2.41. The lowest BCUT2D eigenvalue weighted by atomic mass is 10.1. The van der Waals surface area contributed by atoms with E-state index in [0.717, 1.165) is 0 Å². The number of urea groups is 1. The van der Waals surface area contributed by atoms with Crippen molar-refractivity contribution in [2.75, 3.05) is 38.6 Å². The summed E-state index contributed by atoms with van der Waals surface area (Å²) in [6, 6.07) is 2.68. The standard InChI is InChI=1S/C23H27F2N9O3S2/c1-13-12-33(8-9-34(13)22(35)31(3)4)16-11-14(39(36,37)30-23(26-2)6-7-23)10-15-17(29-32(5)18(15)16)20-27-28-21(38-20)19(24)25/h10-11,13,19,30H,6-9,12H2,1,3-5H3/t13-/m0/s1. The van der Waals surface area contributed by atoms with E-state index >= 15 is 0 Å². The fourth-order valence-corrected chi connectivity index (χ4v) is 6.83. The zero-order chi connectivity index (χ0) is 28.3. The van der Waals surface area contributed by atoms with Gasteiger partial charge < -0.3 is 14.7 Å². The number of nitrogens with one attached hydrogen (secondary N) is 1. The molecule has 3 aromatic rings. The second-order valence-electron chi connectivity index (χ2n) is 9.97. The van der Waals surface area contributed by atoms with Crippen LogP contribution in [0.5, 0.6) is 0 Å².